The molecule has 0 aliphatic heterocycles. The molecule has 3 nitrogen and oxygen atoms in total. The van der Waals surface area contributed by atoms with Crippen LogP contribution in [0.4, 0.5) is 0 Å². The molecule has 2 heterocycles. The monoisotopic (exact) mass is 299 g/mol. The maximum absolute atomic E-state index is 4.65. The summed E-state index contributed by atoms with van der Waals surface area (Å²) < 4.78 is 3.05. The van der Waals surface area contributed by atoms with Crippen LogP contribution in [0.2, 0.25) is 0 Å². The Balaban J connectivity index is 2.06. The van der Waals surface area contributed by atoms with E-state index in [0.29, 0.717) is 0 Å². The molecular formula is C14H10BrN3. The van der Waals surface area contributed by atoms with E-state index in [1.807, 2.05) is 6.20 Å². The van der Waals surface area contributed by atoms with Gasteiger partial charge in [-0.3, -0.25) is 4.40 Å². The molecule has 0 amide bonds. The van der Waals surface area contributed by atoms with Gasteiger partial charge < -0.3 is 0 Å². The van der Waals surface area contributed by atoms with Crippen molar-refractivity contribution in [3.8, 4) is 11.3 Å². The molecule has 1 aliphatic rings. The van der Waals surface area contributed by atoms with Gasteiger partial charge in [-0.15, -0.1) is 0 Å². The van der Waals surface area contributed by atoms with Crippen molar-refractivity contribution in [2.24, 2.45) is 0 Å². The van der Waals surface area contributed by atoms with Crippen LogP contribution < -0.4 is 0 Å². The number of hydrogen-bond donors (Lipinski definition) is 0. The third kappa shape index (κ3) is 1.29. The normalized spacial score (nSPS) is 12.8. The first kappa shape index (κ1) is 10.3. The molecule has 0 radical (unpaired) electrons. The predicted octanol–water partition coefficient (Wildman–Crippen LogP) is 3.37. The lowest BCUT2D eigenvalue weighted by Gasteiger charge is -2.00. The average molecular weight is 300 g/mol. The Labute approximate surface area is 113 Å². The summed E-state index contributed by atoms with van der Waals surface area (Å²) in [7, 11) is 0. The van der Waals surface area contributed by atoms with Gasteiger partial charge >= 0.3 is 0 Å². The van der Waals surface area contributed by atoms with E-state index in [9.17, 15) is 0 Å². The van der Waals surface area contributed by atoms with E-state index in [0.717, 1.165) is 22.4 Å². The highest BCUT2D eigenvalue weighted by atomic mass is 79.9. The van der Waals surface area contributed by atoms with Gasteiger partial charge in [0.1, 0.15) is 0 Å². The summed E-state index contributed by atoms with van der Waals surface area (Å²) in [5, 5.41) is 0. The Morgan fingerprint density at radius 3 is 3.11 bits per heavy atom. The number of benzene rings is 1. The van der Waals surface area contributed by atoms with Gasteiger partial charge in [-0.2, -0.15) is 0 Å². The number of imidazole rings is 1. The second-order valence-electron chi connectivity index (χ2n) is 4.69. The summed E-state index contributed by atoms with van der Waals surface area (Å²) in [6, 6.07) is 6.57. The summed E-state index contributed by atoms with van der Waals surface area (Å²) >= 11 is 3.46. The van der Waals surface area contributed by atoms with E-state index in [2.05, 4.69) is 55.4 Å². The molecule has 0 saturated carbocycles. The fourth-order valence-electron chi connectivity index (χ4n) is 2.59. The molecule has 0 spiro atoms. The van der Waals surface area contributed by atoms with E-state index < -0.39 is 0 Å². The Morgan fingerprint density at radius 2 is 2.22 bits per heavy atom. The zero-order valence-electron chi connectivity index (χ0n) is 9.81. The number of fused-ring (bicyclic) bond motifs is 5. The minimum absolute atomic E-state index is 0.773. The lowest BCUT2D eigenvalue weighted by Crippen LogP contribution is -1.93. The molecule has 0 saturated heterocycles. The van der Waals surface area contributed by atoms with Gasteiger partial charge in [0.2, 0.25) is 5.78 Å². The van der Waals surface area contributed by atoms with Crippen LogP contribution in [0.25, 0.3) is 17.0 Å². The molecular weight excluding hydrogens is 290 g/mol. The molecule has 3 aromatic rings. The van der Waals surface area contributed by atoms with Crippen molar-refractivity contribution < 1.29 is 0 Å². The van der Waals surface area contributed by atoms with E-state index in [4.69, 9.17) is 0 Å². The van der Waals surface area contributed by atoms with Crippen molar-refractivity contribution in [2.75, 3.05) is 0 Å². The first-order valence-corrected chi connectivity index (χ1v) is 6.64. The van der Waals surface area contributed by atoms with Gasteiger partial charge in [0, 0.05) is 24.4 Å². The largest absolute Gasteiger partial charge is 0.286 e. The number of nitrogens with zero attached hydrogens (tertiary/aromatic N) is 3. The van der Waals surface area contributed by atoms with Crippen LogP contribution in [-0.2, 0) is 6.42 Å². The number of aryl methyl sites for hydroxylation is 1. The Hall–Kier alpha value is -1.68. The van der Waals surface area contributed by atoms with E-state index in [-0.39, 0.29) is 0 Å². The molecule has 0 N–H and O–H groups in total. The standard InChI is InChI=1S/C14H10BrN3/c1-8-2-3-9-5-12-13(11(9)4-8)17-14-16-6-10(15)7-18(12)14/h2-4,6-7H,5H2,1H3. The highest BCUT2D eigenvalue weighted by Crippen LogP contribution is 2.36. The molecule has 0 fully saturated rings. The van der Waals surface area contributed by atoms with Gasteiger partial charge in [0.25, 0.3) is 0 Å². The molecule has 0 unspecified atom stereocenters. The van der Waals surface area contributed by atoms with Crippen molar-refractivity contribution in [3.63, 3.8) is 0 Å². The Bertz CT molecular complexity index is 789. The molecule has 2 aromatic heterocycles. The predicted molar refractivity (Wildman–Crippen MR) is 73.7 cm³/mol. The van der Waals surface area contributed by atoms with Gasteiger partial charge in [-0.05, 0) is 34.5 Å². The van der Waals surface area contributed by atoms with Crippen LogP contribution >= 0.6 is 15.9 Å². The number of hydrogen-bond acceptors (Lipinski definition) is 2. The second-order valence-corrected chi connectivity index (χ2v) is 5.60. The third-order valence-electron chi connectivity index (χ3n) is 3.43. The first-order chi connectivity index (χ1) is 8.72. The van der Waals surface area contributed by atoms with E-state index in [1.54, 1.807) is 6.20 Å². The van der Waals surface area contributed by atoms with Crippen LogP contribution in [0.1, 0.15) is 16.8 Å². The van der Waals surface area contributed by atoms with Crippen molar-refractivity contribution in [1.82, 2.24) is 14.4 Å². The number of rotatable bonds is 0. The molecule has 0 atom stereocenters. The topological polar surface area (TPSA) is 30.2 Å². The quantitative estimate of drug-likeness (QED) is 0.498. The molecule has 4 heteroatoms. The summed E-state index contributed by atoms with van der Waals surface area (Å²) in [4.78, 5) is 8.99. The van der Waals surface area contributed by atoms with E-state index >= 15 is 0 Å². The molecule has 1 aliphatic carbocycles. The Kier molecular flexibility index (Phi) is 1.95. The molecule has 18 heavy (non-hydrogen) atoms. The van der Waals surface area contributed by atoms with Crippen molar-refractivity contribution >= 4 is 21.7 Å². The SMILES string of the molecule is Cc1ccc2c(c1)-c1nc3ncc(Br)cn3c1C2. The lowest BCUT2D eigenvalue weighted by molar-refractivity contribution is 1.01. The summed E-state index contributed by atoms with van der Waals surface area (Å²) in [6.07, 6.45) is 4.76. The highest BCUT2D eigenvalue weighted by molar-refractivity contribution is 9.10. The minimum atomic E-state index is 0.773. The van der Waals surface area contributed by atoms with Crippen LogP contribution in [0.3, 0.4) is 0 Å². The van der Waals surface area contributed by atoms with Crippen LogP contribution in [-0.4, -0.2) is 14.4 Å². The summed E-state index contributed by atoms with van der Waals surface area (Å²) in [5.74, 6) is 0.773. The first-order valence-electron chi connectivity index (χ1n) is 5.85. The van der Waals surface area contributed by atoms with Gasteiger partial charge in [0.05, 0.1) is 15.9 Å². The van der Waals surface area contributed by atoms with Crippen LogP contribution in [0, 0.1) is 6.92 Å². The second kappa shape index (κ2) is 3.42. The maximum atomic E-state index is 4.65. The zero-order chi connectivity index (χ0) is 12.3. The third-order valence-corrected chi connectivity index (χ3v) is 3.84. The average Bonchev–Trinajstić information content (AvgIpc) is 2.86. The molecule has 4 rings (SSSR count). The fourth-order valence-corrected chi connectivity index (χ4v) is 2.89. The Morgan fingerprint density at radius 1 is 1.33 bits per heavy atom. The fraction of sp³-hybridized carbons (Fsp3) is 0.143. The molecule has 0 bridgehead atoms. The van der Waals surface area contributed by atoms with Gasteiger partial charge in [-0.25, -0.2) is 9.97 Å². The summed E-state index contributed by atoms with van der Waals surface area (Å²) in [5.41, 5.74) is 6.20. The van der Waals surface area contributed by atoms with Crippen molar-refractivity contribution in [1.29, 1.82) is 0 Å². The van der Waals surface area contributed by atoms with Crippen LogP contribution in [0.15, 0.2) is 35.1 Å². The zero-order valence-corrected chi connectivity index (χ0v) is 11.4. The number of aromatic nitrogens is 3. The molecule has 88 valence electrons. The van der Waals surface area contributed by atoms with Crippen LogP contribution in [0.5, 0.6) is 0 Å². The maximum Gasteiger partial charge on any atom is 0.234 e. The highest BCUT2D eigenvalue weighted by Gasteiger charge is 2.24. The molecule has 1 aromatic carbocycles. The van der Waals surface area contributed by atoms with Crippen molar-refractivity contribution in [3.05, 3.63) is 51.9 Å². The van der Waals surface area contributed by atoms with Gasteiger partial charge in [-0.1, -0.05) is 17.7 Å². The smallest absolute Gasteiger partial charge is 0.234 e. The van der Waals surface area contributed by atoms with Crippen molar-refractivity contribution in [2.45, 2.75) is 13.3 Å². The van der Waals surface area contributed by atoms with E-state index in [1.165, 1.54) is 22.4 Å². The summed E-state index contributed by atoms with van der Waals surface area (Å²) in [6.45, 7) is 2.11. The number of halogens is 1. The lowest BCUT2D eigenvalue weighted by atomic mass is 10.1. The van der Waals surface area contributed by atoms with Gasteiger partial charge in [0.15, 0.2) is 0 Å². The minimum Gasteiger partial charge on any atom is -0.286 e.